The summed E-state index contributed by atoms with van der Waals surface area (Å²) in [4.78, 5) is 15.1. The molecule has 0 saturated heterocycles. The van der Waals surface area contributed by atoms with E-state index in [1.54, 1.807) is 17.2 Å². The van der Waals surface area contributed by atoms with Crippen molar-refractivity contribution in [2.24, 2.45) is 7.05 Å². The van der Waals surface area contributed by atoms with Crippen LogP contribution < -0.4 is 0 Å². The number of hydrogen-bond acceptors (Lipinski definition) is 4. The van der Waals surface area contributed by atoms with Crippen molar-refractivity contribution < 1.29 is 9.90 Å². The fraction of sp³-hybridized carbons (Fsp3) is 0.455. The van der Waals surface area contributed by atoms with Gasteiger partial charge in [0.05, 0.1) is 30.5 Å². The molecule has 96 valence electrons. The van der Waals surface area contributed by atoms with E-state index in [9.17, 15) is 4.79 Å². The number of imidazole rings is 1. The Labute approximate surface area is 104 Å². The van der Waals surface area contributed by atoms with Crippen molar-refractivity contribution >= 4 is 5.97 Å². The third-order valence-corrected chi connectivity index (χ3v) is 2.76. The maximum Gasteiger partial charge on any atom is 0.358 e. The number of aromatic carboxylic acids is 1. The molecule has 1 N–H and O–H groups in total. The lowest BCUT2D eigenvalue weighted by molar-refractivity contribution is 0.0689. The molecule has 2 aromatic heterocycles. The van der Waals surface area contributed by atoms with Crippen molar-refractivity contribution in [2.45, 2.75) is 26.3 Å². The number of nitrogens with zero attached hydrogens (tertiary/aromatic N) is 5. The second-order valence-corrected chi connectivity index (χ2v) is 4.09. The molecule has 0 radical (unpaired) electrons. The molecule has 18 heavy (non-hydrogen) atoms. The van der Waals surface area contributed by atoms with Crippen LogP contribution in [0.3, 0.4) is 0 Å². The Bertz CT molecular complexity index is 558. The highest BCUT2D eigenvalue weighted by Crippen LogP contribution is 2.11. The number of rotatable bonds is 5. The third kappa shape index (κ3) is 2.24. The van der Waals surface area contributed by atoms with Crippen LogP contribution in [0.5, 0.6) is 0 Å². The molecule has 0 saturated carbocycles. The van der Waals surface area contributed by atoms with Gasteiger partial charge in [0.1, 0.15) is 0 Å². The van der Waals surface area contributed by atoms with Crippen molar-refractivity contribution in [2.75, 3.05) is 0 Å². The zero-order valence-corrected chi connectivity index (χ0v) is 10.4. The summed E-state index contributed by atoms with van der Waals surface area (Å²) in [5.41, 5.74) is 1.65. The van der Waals surface area contributed by atoms with Gasteiger partial charge in [0.2, 0.25) is 0 Å². The topological polar surface area (TPSA) is 85.8 Å². The lowest BCUT2D eigenvalue weighted by Crippen LogP contribution is -2.11. The van der Waals surface area contributed by atoms with E-state index >= 15 is 0 Å². The van der Waals surface area contributed by atoms with Crippen LogP contribution in [0.25, 0.3) is 0 Å². The van der Waals surface area contributed by atoms with Crippen LogP contribution in [-0.2, 0) is 20.0 Å². The smallest absolute Gasteiger partial charge is 0.358 e. The van der Waals surface area contributed by atoms with Crippen LogP contribution >= 0.6 is 0 Å². The van der Waals surface area contributed by atoms with Gasteiger partial charge in [-0.25, -0.2) is 14.5 Å². The molecular weight excluding hydrogens is 234 g/mol. The SMILES string of the molecule is CCCc1c(C(=O)O)nnn1Cc1cncn1C. The van der Waals surface area contributed by atoms with Gasteiger partial charge in [-0.15, -0.1) is 5.10 Å². The number of carboxylic acids is 1. The number of aromatic nitrogens is 5. The molecule has 2 aromatic rings. The fourth-order valence-corrected chi connectivity index (χ4v) is 1.80. The molecule has 0 spiro atoms. The predicted octanol–water partition coefficient (Wildman–Crippen LogP) is 0.711. The van der Waals surface area contributed by atoms with Gasteiger partial charge in [-0.3, -0.25) is 0 Å². The Balaban J connectivity index is 2.33. The molecular formula is C11H15N5O2. The van der Waals surface area contributed by atoms with Gasteiger partial charge < -0.3 is 9.67 Å². The standard InChI is InChI=1S/C11H15N5O2/c1-3-4-9-10(11(17)18)13-14-16(9)6-8-5-12-7-15(8)2/h5,7H,3-4,6H2,1-2H3,(H,17,18). The normalized spacial score (nSPS) is 10.8. The molecule has 0 aliphatic carbocycles. The Morgan fingerprint density at radius 2 is 2.28 bits per heavy atom. The van der Waals surface area contributed by atoms with Crippen molar-refractivity contribution in [1.82, 2.24) is 24.5 Å². The molecule has 0 aliphatic rings. The molecule has 7 heteroatoms. The van der Waals surface area contributed by atoms with Gasteiger partial charge >= 0.3 is 5.97 Å². The van der Waals surface area contributed by atoms with Crippen LogP contribution in [-0.4, -0.2) is 35.6 Å². The summed E-state index contributed by atoms with van der Waals surface area (Å²) in [7, 11) is 1.89. The number of hydrogen-bond donors (Lipinski definition) is 1. The molecule has 0 unspecified atom stereocenters. The average Bonchev–Trinajstić information content (AvgIpc) is 2.89. The molecule has 0 fully saturated rings. The van der Waals surface area contributed by atoms with Crippen LogP contribution in [0.2, 0.25) is 0 Å². The van der Waals surface area contributed by atoms with Crippen LogP contribution in [0, 0.1) is 0 Å². The van der Waals surface area contributed by atoms with Gasteiger partial charge in [-0.2, -0.15) is 0 Å². The van der Waals surface area contributed by atoms with Crippen molar-refractivity contribution in [3.8, 4) is 0 Å². The van der Waals surface area contributed by atoms with Gasteiger partial charge in [-0.05, 0) is 6.42 Å². The van der Waals surface area contributed by atoms with E-state index in [2.05, 4.69) is 15.3 Å². The molecule has 0 atom stereocenters. The van der Waals surface area contributed by atoms with Gasteiger partial charge in [-0.1, -0.05) is 18.6 Å². The summed E-state index contributed by atoms with van der Waals surface area (Å²) in [6.07, 6.45) is 4.92. The van der Waals surface area contributed by atoms with E-state index in [1.165, 1.54) is 0 Å². The summed E-state index contributed by atoms with van der Waals surface area (Å²) in [5.74, 6) is -1.03. The lowest BCUT2D eigenvalue weighted by Gasteiger charge is -2.06. The summed E-state index contributed by atoms with van der Waals surface area (Å²) in [6, 6.07) is 0. The second-order valence-electron chi connectivity index (χ2n) is 4.09. The first-order chi connectivity index (χ1) is 8.63. The molecule has 2 rings (SSSR count). The van der Waals surface area contributed by atoms with Crippen LogP contribution in [0.4, 0.5) is 0 Å². The molecule has 0 amide bonds. The Morgan fingerprint density at radius 3 is 2.83 bits per heavy atom. The number of carboxylic acid groups (broad SMARTS) is 1. The molecule has 7 nitrogen and oxygen atoms in total. The van der Waals surface area contributed by atoms with E-state index in [-0.39, 0.29) is 5.69 Å². The fourth-order valence-electron chi connectivity index (χ4n) is 1.80. The maximum absolute atomic E-state index is 11.0. The van der Waals surface area contributed by atoms with E-state index in [0.29, 0.717) is 18.7 Å². The molecule has 0 aromatic carbocycles. The first-order valence-corrected chi connectivity index (χ1v) is 5.74. The van der Waals surface area contributed by atoms with Crippen molar-refractivity contribution in [3.05, 3.63) is 29.6 Å². The largest absolute Gasteiger partial charge is 0.476 e. The first-order valence-electron chi connectivity index (χ1n) is 5.74. The average molecular weight is 249 g/mol. The molecule has 0 bridgehead atoms. The summed E-state index contributed by atoms with van der Waals surface area (Å²) in [6.45, 7) is 2.47. The van der Waals surface area contributed by atoms with Crippen molar-refractivity contribution in [1.29, 1.82) is 0 Å². The minimum absolute atomic E-state index is 0.0408. The Kier molecular flexibility index (Phi) is 3.40. The third-order valence-electron chi connectivity index (χ3n) is 2.76. The van der Waals surface area contributed by atoms with Crippen molar-refractivity contribution in [3.63, 3.8) is 0 Å². The zero-order chi connectivity index (χ0) is 13.1. The Hall–Kier alpha value is -2.18. The Morgan fingerprint density at radius 1 is 1.50 bits per heavy atom. The molecule has 2 heterocycles. The second kappa shape index (κ2) is 4.99. The minimum Gasteiger partial charge on any atom is -0.476 e. The van der Waals surface area contributed by atoms with Crippen LogP contribution in [0.1, 0.15) is 35.2 Å². The van der Waals surface area contributed by atoms with E-state index < -0.39 is 5.97 Å². The van der Waals surface area contributed by atoms with E-state index in [4.69, 9.17) is 5.11 Å². The van der Waals surface area contributed by atoms with Crippen LogP contribution in [0.15, 0.2) is 12.5 Å². The van der Waals surface area contributed by atoms with Gasteiger partial charge in [0.25, 0.3) is 0 Å². The number of aryl methyl sites for hydroxylation is 1. The maximum atomic E-state index is 11.0. The highest BCUT2D eigenvalue weighted by atomic mass is 16.4. The predicted molar refractivity (Wildman–Crippen MR) is 63.3 cm³/mol. The van der Waals surface area contributed by atoms with Gasteiger partial charge in [0.15, 0.2) is 5.69 Å². The molecule has 0 aliphatic heterocycles. The monoisotopic (exact) mass is 249 g/mol. The zero-order valence-electron chi connectivity index (χ0n) is 10.4. The minimum atomic E-state index is -1.03. The van der Waals surface area contributed by atoms with E-state index in [0.717, 1.165) is 12.1 Å². The lowest BCUT2D eigenvalue weighted by atomic mass is 10.2. The number of carbonyl (C=O) groups is 1. The highest BCUT2D eigenvalue weighted by molar-refractivity contribution is 5.86. The highest BCUT2D eigenvalue weighted by Gasteiger charge is 2.18. The first kappa shape index (κ1) is 12.3. The van der Waals surface area contributed by atoms with E-state index in [1.807, 2.05) is 18.5 Å². The summed E-state index contributed by atoms with van der Waals surface area (Å²) in [5, 5.41) is 16.7. The van der Waals surface area contributed by atoms with Gasteiger partial charge in [0, 0.05) is 7.05 Å². The summed E-state index contributed by atoms with van der Waals surface area (Å²) >= 11 is 0. The summed E-state index contributed by atoms with van der Waals surface area (Å²) < 4.78 is 3.50. The quantitative estimate of drug-likeness (QED) is 0.843.